The zero-order chi connectivity index (χ0) is 14.0. The van der Waals surface area contributed by atoms with Crippen molar-refractivity contribution in [3.05, 3.63) is 27.1 Å². The van der Waals surface area contributed by atoms with Crippen molar-refractivity contribution in [2.24, 2.45) is 5.73 Å². The van der Waals surface area contributed by atoms with Gasteiger partial charge in [-0.05, 0) is 34.1 Å². The van der Waals surface area contributed by atoms with Crippen LogP contribution in [-0.2, 0) is 10.0 Å². The molecular weight excluding hydrogens is 398 g/mol. The van der Waals surface area contributed by atoms with Crippen LogP contribution in [0.1, 0.15) is 0 Å². The van der Waals surface area contributed by atoms with E-state index in [4.69, 9.17) is 5.73 Å². The maximum absolute atomic E-state index is 12.9. The van der Waals surface area contributed by atoms with Crippen LogP contribution in [0.4, 0.5) is 8.78 Å². The Labute approximate surface area is 120 Å². The first-order chi connectivity index (χ1) is 8.18. The Hall–Kier alpha value is -0.0900. The van der Waals surface area contributed by atoms with Crippen molar-refractivity contribution in [1.29, 1.82) is 0 Å². The van der Waals surface area contributed by atoms with E-state index in [0.29, 0.717) is 4.47 Å². The van der Waals surface area contributed by atoms with Crippen molar-refractivity contribution >= 4 is 41.9 Å². The van der Waals surface area contributed by atoms with Crippen LogP contribution in [0.3, 0.4) is 0 Å². The number of benzene rings is 1. The van der Waals surface area contributed by atoms with Gasteiger partial charge in [0.15, 0.2) is 0 Å². The van der Waals surface area contributed by atoms with Gasteiger partial charge in [0.1, 0.15) is 0 Å². The summed E-state index contributed by atoms with van der Waals surface area (Å²) in [6, 6.07) is 4.31. The number of sulfonamides is 1. The fourth-order valence-corrected chi connectivity index (χ4v) is 3.85. The molecule has 3 N–H and O–H groups in total. The Morgan fingerprint density at radius 1 is 1.33 bits per heavy atom. The van der Waals surface area contributed by atoms with Crippen LogP contribution in [0, 0.1) is 0 Å². The Balaban J connectivity index is 2.94. The van der Waals surface area contributed by atoms with Crippen LogP contribution in [-0.4, -0.2) is 27.4 Å². The quantitative estimate of drug-likeness (QED) is 0.784. The van der Waals surface area contributed by atoms with Gasteiger partial charge in [-0.15, -0.1) is 0 Å². The summed E-state index contributed by atoms with van der Waals surface area (Å²) < 4.78 is 52.1. The van der Waals surface area contributed by atoms with Crippen LogP contribution in [0.2, 0.25) is 0 Å². The molecule has 4 nitrogen and oxygen atoms in total. The van der Waals surface area contributed by atoms with Gasteiger partial charge in [0.05, 0.1) is 18.0 Å². The fourth-order valence-electron chi connectivity index (χ4n) is 1.04. The van der Waals surface area contributed by atoms with E-state index in [2.05, 4.69) is 31.9 Å². The van der Waals surface area contributed by atoms with E-state index in [0.717, 1.165) is 0 Å². The SMILES string of the molecule is NCC(F)(F)CNS(=O)(=O)c1ccc(Br)cc1Br. The highest BCUT2D eigenvalue weighted by Crippen LogP contribution is 2.25. The van der Waals surface area contributed by atoms with Crippen LogP contribution in [0.25, 0.3) is 0 Å². The molecule has 102 valence electrons. The number of halogens is 4. The molecule has 0 saturated carbocycles. The van der Waals surface area contributed by atoms with Gasteiger partial charge in [-0.2, -0.15) is 0 Å². The normalized spacial score (nSPS) is 12.7. The molecular formula is C9H10Br2F2N2O2S. The third kappa shape index (κ3) is 4.23. The summed E-state index contributed by atoms with van der Waals surface area (Å²) >= 11 is 6.22. The van der Waals surface area contributed by atoms with E-state index >= 15 is 0 Å². The molecule has 0 spiro atoms. The molecule has 1 aromatic carbocycles. The molecule has 0 fully saturated rings. The number of rotatable bonds is 5. The number of alkyl halides is 2. The zero-order valence-electron chi connectivity index (χ0n) is 8.96. The van der Waals surface area contributed by atoms with Crippen molar-refractivity contribution in [1.82, 2.24) is 4.72 Å². The van der Waals surface area contributed by atoms with E-state index < -0.39 is 29.0 Å². The van der Waals surface area contributed by atoms with Crippen LogP contribution < -0.4 is 10.5 Å². The highest BCUT2D eigenvalue weighted by Gasteiger charge is 2.29. The molecule has 0 aliphatic rings. The molecule has 0 aliphatic carbocycles. The second kappa shape index (κ2) is 5.91. The molecule has 0 aliphatic heterocycles. The summed E-state index contributed by atoms with van der Waals surface area (Å²) in [5.74, 6) is -3.27. The Kier molecular flexibility index (Phi) is 5.24. The Morgan fingerprint density at radius 2 is 1.94 bits per heavy atom. The minimum atomic E-state index is -4.00. The fraction of sp³-hybridized carbons (Fsp3) is 0.333. The van der Waals surface area contributed by atoms with Gasteiger partial charge in [-0.25, -0.2) is 21.9 Å². The summed E-state index contributed by atoms with van der Waals surface area (Å²) in [7, 11) is -4.00. The van der Waals surface area contributed by atoms with Crippen molar-refractivity contribution in [3.63, 3.8) is 0 Å². The van der Waals surface area contributed by atoms with E-state index in [9.17, 15) is 17.2 Å². The topological polar surface area (TPSA) is 72.2 Å². The molecule has 1 rings (SSSR count). The molecule has 1 aromatic rings. The predicted molar refractivity (Wildman–Crippen MR) is 71.0 cm³/mol. The van der Waals surface area contributed by atoms with E-state index in [1.54, 1.807) is 0 Å². The lowest BCUT2D eigenvalue weighted by Crippen LogP contribution is -2.41. The molecule has 0 saturated heterocycles. The highest BCUT2D eigenvalue weighted by molar-refractivity contribution is 9.11. The predicted octanol–water partition coefficient (Wildman–Crippen LogP) is 2.08. The lowest BCUT2D eigenvalue weighted by atomic mass is 10.3. The number of nitrogens with two attached hydrogens (primary N) is 1. The maximum atomic E-state index is 12.9. The average Bonchev–Trinajstić information content (AvgIpc) is 2.26. The Morgan fingerprint density at radius 3 is 2.44 bits per heavy atom. The summed E-state index contributed by atoms with van der Waals surface area (Å²) in [4.78, 5) is -0.112. The molecule has 0 unspecified atom stereocenters. The van der Waals surface area contributed by atoms with Crippen molar-refractivity contribution < 1.29 is 17.2 Å². The van der Waals surface area contributed by atoms with Crippen molar-refractivity contribution in [3.8, 4) is 0 Å². The van der Waals surface area contributed by atoms with Gasteiger partial charge in [-0.3, -0.25) is 0 Å². The molecule has 18 heavy (non-hydrogen) atoms. The standard InChI is InChI=1S/C9H10Br2F2N2O2S/c10-6-1-2-8(7(11)3-6)18(16,17)15-5-9(12,13)4-14/h1-3,15H,4-5,14H2. The lowest BCUT2D eigenvalue weighted by Gasteiger charge is -2.15. The van der Waals surface area contributed by atoms with Gasteiger partial charge in [0.2, 0.25) is 10.0 Å². The van der Waals surface area contributed by atoms with Crippen molar-refractivity contribution in [2.75, 3.05) is 13.1 Å². The van der Waals surface area contributed by atoms with Gasteiger partial charge in [0.25, 0.3) is 5.92 Å². The zero-order valence-corrected chi connectivity index (χ0v) is 12.9. The van der Waals surface area contributed by atoms with Crippen LogP contribution in [0.15, 0.2) is 32.0 Å². The van der Waals surface area contributed by atoms with Crippen LogP contribution >= 0.6 is 31.9 Å². The monoisotopic (exact) mass is 406 g/mol. The third-order valence-corrected chi connectivity index (χ3v) is 4.87. The molecule has 0 heterocycles. The van der Waals surface area contributed by atoms with Crippen molar-refractivity contribution in [2.45, 2.75) is 10.8 Å². The highest BCUT2D eigenvalue weighted by atomic mass is 79.9. The second-order valence-electron chi connectivity index (χ2n) is 3.46. The minimum Gasteiger partial charge on any atom is -0.325 e. The first kappa shape index (κ1) is 16.0. The molecule has 0 radical (unpaired) electrons. The number of hydrogen-bond donors (Lipinski definition) is 2. The summed E-state index contributed by atoms with van der Waals surface area (Å²) in [6.45, 7) is -1.95. The third-order valence-electron chi connectivity index (χ3n) is 2.00. The van der Waals surface area contributed by atoms with Crippen LogP contribution in [0.5, 0.6) is 0 Å². The smallest absolute Gasteiger partial charge is 0.273 e. The molecule has 0 bridgehead atoms. The van der Waals surface area contributed by atoms with E-state index in [1.165, 1.54) is 18.2 Å². The van der Waals surface area contributed by atoms with Gasteiger partial charge >= 0.3 is 0 Å². The second-order valence-corrected chi connectivity index (χ2v) is 6.96. The van der Waals surface area contributed by atoms with E-state index in [1.807, 2.05) is 4.72 Å². The maximum Gasteiger partial charge on any atom is 0.273 e. The van der Waals surface area contributed by atoms with Gasteiger partial charge in [0, 0.05) is 8.95 Å². The lowest BCUT2D eigenvalue weighted by molar-refractivity contribution is 0.0170. The van der Waals surface area contributed by atoms with Gasteiger partial charge in [-0.1, -0.05) is 15.9 Å². The van der Waals surface area contributed by atoms with Gasteiger partial charge < -0.3 is 5.73 Å². The minimum absolute atomic E-state index is 0.112. The molecule has 9 heteroatoms. The molecule has 0 amide bonds. The molecule has 0 aromatic heterocycles. The number of hydrogen-bond acceptors (Lipinski definition) is 3. The summed E-state index contributed by atoms with van der Waals surface area (Å²) in [5.41, 5.74) is 4.82. The summed E-state index contributed by atoms with van der Waals surface area (Å²) in [5, 5.41) is 0. The first-order valence-corrected chi connectivity index (χ1v) is 7.77. The first-order valence-electron chi connectivity index (χ1n) is 4.70. The summed E-state index contributed by atoms with van der Waals surface area (Å²) in [6.07, 6.45) is 0. The Bertz CT molecular complexity index is 537. The molecule has 0 atom stereocenters. The van der Waals surface area contributed by atoms with E-state index in [-0.39, 0.29) is 9.37 Å². The average molecular weight is 408 g/mol. The largest absolute Gasteiger partial charge is 0.325 e. The number of nitrogens with one attached hydrogen (secondary N) is 1.